The molecule has 4 nitrogen and oxygen atoms in total. The number of benzene rings is 1. The molecule has 0 radical (unpaired) electrons. The maximum absolute atomic E-state index is 11.9. The molecule has 2 rings (SSSR count). The summed E-state index contributed by atoms with van der Waals surface area (Å²) < 4.78 is 5.90. The van der Waals surface area contributed by atoms with Crippen LogP contribution in [0.3, 0.4) is 0 Å². The van der Waals surface area contributed by atoms with Crippen molar-refractivity contribution in [1.82, 2.24) is 0 Å². The molecule has 1 aromatic carbocycles. The van der Waals surface area contributed by atoms with Crippen LogP contribution < -0.4 is 15.8 Å². The van der Waals surface area contributed by atoms with Crippen molar-refractivity contribution in [2.75, 3.05) is 5.32 Å². The van der Waals surface area contributed by atoms with E-state index in [0.29, 0.717) is 6.10 Å². The number of unbranched alkanes of at least 4 members (excludes halogenated alkanes) is 1. The van der Waals surface area contributed by atoms with Gasteiger partial charge in [-0.05, 0) is 56.4 Å². The lowest BCUT2D eigenvalue weighted by Gasteiger charge is -2.14. The van der Waals surface area contributed by atoms with Gasteiger partial charge < -0.3 is 15.8 Å². The van der Waals surface area contributed by atoms with Crippen molar-refractivity contribution in [1.29, 1.82) is 0 Å². The normalized spacial score (nSPS) is 16.7. The van der Waals surface area contributed by atoms with Gasteiger partial charge in [-0.25, -0.2) is 0 Å². The molecule has 116 valence electrons. The summed E-state index contributed by atoms with van der Waals surface area (Å²) in [7, 11) is 0. The molecule has 1 unspecified atom stereocenters. The second kappa shape index (κ2) is 8.03. The van der Waals surface area contributed by atoms with Gasteiger partial charge in [0, 0.05) is 5.69 Å². The fraction of sp³-hybridized carbons (Fsp3) is 0.588. The molecular weight excluding hydrogens is 264 g/mol. The fourth-order valence-electron chi connectivity index (χ4n) is 2.61. The van der Waals surface area contributed by atoms with Gasteiger partial charge in [0.1, 0.15) is 5.75 Å². The average Bonchev–Trinajstić information content (AvgIpc) is 2.99. The summed E-state index contributed by atoms with van der Waals surface area (Å²) in [5.74, 6) is 0.753. The van der Waals surface area contributed by atoms with Crippen LogP contribution in [-0.4, -0.2) is 18.1 Å². The Morgan fingerprint density at radius 2 is 2.00 bits per heavy atom. The molecule has 1 aromatic rings. The molecule has 1 aliphatic carbocycles. The third-order valence-electron chi connectivity index (χ3n) is 3.93. The molecule has 4 heteroatoms. The van der Waals surface area contributed by atoms with E-state index in [9.17, 15) is 4.79 Å². The van der Waals surface area contributed by atoms with E-state index < -0.39 is 6.04 Å². The molecular formula is C17H26N2O2. The topological polar surface area (TPSA) is 64.4 Å². The predicted molar refractivity (Wildman–Crippen MR) is 85.5 cm³/mol. The third-order valence-corrected chi connectivity index (χ3v) is 3.93. The van der Waals surface area contributed by atoms with Crippen LogP contribution in [0.4, 0.5) is 5.69 Å². The first-order valence-corrected chi connectivity index (χ1v) is 8.02. The molecule has 1 atom stereocenters. The summed E-state index contributed by atoms with van der Waals surface area (Å²) in [6.07, 6.45) is 7.91. The van der Waals surface area contributed by atoms with Gasteiger partial charge in [-0.2, -0.15) is 0 Å². The Kier molecular flexibility index (Phi) is 6.05. The number of rotatable bonds is 7. The second-order valence-corrected chi connectivity index (χ2v) is 5.79. The summed E-state index contributed by atoms with van der Waals surface area (Å²) in [5.41, 5.74) is 6.62. The van der Waals surface area contributed by atoms with E-state index in [1.54, 1.807) is 0 Å². The summed E-state index contributed by atoms with van der Waals surface area (Å²) in [6, 6.07) is 7.12. The Balaban J connectivity index is 1.82. The van der Waals surface area contributed by atoms with E-state index >= 15 is 0 Å². The van der Waals surface area contributed by atoms with Crippen molar-refractivity contribution in [3.63, 3.8) is 0 Å². The number of hydrogen-bond donors (Lipinski definition) is 2. The lowest BCUT2D eigenvalue weighted by Crippen LogP contribution is -2.35. The maximum atomic E-state index is 11.9. The quantitative estimate of drug-likeness (QED) is 0.808. The maximum Gasteiger partial charge on any atom is 0.241 e. The Bertz CT molecular complexity index is 439. The number of hydrogen-bond acceptors (Lipinski definition) is 3. The van der Waals surface area contributed by atoms with Crippen molar-refractivity contribution >= 4 is 11.6 Å². The van der Waals surface area contributed by atoms with Crippen LogP contribution in [-0.2, 0) is 4.79 Å². The largest absolute Gasteiger partial charge is 0.490 e. The van der Waals surface area contributed by atoms with Crippen molar-refractivity contribution in [2.24, 2.45) is 5.73 Å². The summed E-state index contributed by atoms with van der Waals surface area (Å²) in [5, 5.41) is 2.85. The molecule has 1 aliphatic rings. The van der Waals surface area contributed by atoms with Gasteiger partial charge in [-0.15, -0.1) is 0 Å². The number of carbonyl (C=O) groups is 1. The molecule has 0 aromatic heterocycles. The lowest BCUT2D eigenvalue weighted by atomic mass is 10.1. The highest BCUT2D eigenvalue weighted by atomic mass is 16.5. The van der Waals surface area contributed by atoms with Crippen LogP contribution in [0, 0.1) is 0 Å². The number of ether oxygens (including phenoxy) is 1. The smallest absolute Gasteiger partial charge is 0.241 e. The molecule has 21 heavy (non-hydrogen) atoms. The number of nitrogens with one attached hydrogen (secondary N) is 1. The molecule has 0 saturated heterocycles. The Morgan fingerprint density at radius 1 is 1.33 bits per heavy atom. The monoisotopic (exact) mass is 290 g/mol. The van der Waals surface area contributed by atoms with Crippen molar-refractivity contribution in [3.8, 4) is 5.75 Å². The fourth-order valence-corrected chi connectivity index (χ4v) is 2.61. The van der Waals surface area contributed by atoms with Gasteiger partial charge in [-0.3, -0.25) is 4.79 Å². The zero-order valence-corrected chi connectivity index (χ0v) is 12.8. The summed E-state index contributed by atoms with van der Waals surface area (Å²) >= 11 is 0. The van der Waals surface area contributed by atoms with Crippen molar-refractivity contribution in [3.05, 3.63) is 24.3 Å². The van der Waals surface area contributed by atoms with Crippen LogP contribution in [0.25, 0.3) is 0 Å². The molecule has 3 N–H and O–H groups in total. The van der Waals surface area contributed by atoms with Gasteiger partial charge in [0.2, 0.25) is 5.91 Å². The van der Waals surface area contributed by atoms with Crippen LogP contribution in [0.15, 0.2) is 24.3 Å². The SMILES string of the molecule is CCCCC(N)C(=O)Nc1ccc(OC2CCCC2)cc1. The Morgan fingerprint density at radius 3 is 2.62 bits per heavy atom. The molecule has 0 heterocycles. The van der Waals surface area contributed by atoms with Crippen molar-refractivity contribution in [2.45, 2.75) is 64.0 Å². The van der Waals surface area contributed by atoms with E-state index in [4.69, 9.17) is 10.5 Å². The van der Waals surface area contributed by atoms with Crippen molar-refractivity contribution < 1.29 is 9.53 Å². The van der Waals surface area contributed by atoms with Gasteiger partial charge in [0.25, 0.3) is 0 Å². The minimum atomic E-state index is -0.431. The number of amides is 1. The number of anilines is 1. The van der Waals surface area contributed by atoms with E-state index in [1.807, 2.05) is 24.3 Å². The highest BCUT2D eigenvalue weighted by Crippen LogP contribution is 2.25. The van der Waals surface area contributed by atoms with Gasteiger partial charge in [0.05, 0.1) is 12.1 Å². The summed E-state index contributed by atoms with van der Waals surface area (Å²) in [4.78, 5) is 11.9. The zero-order valence-electron chi connectivity index (χ0n) is 12.8. The number of carbonyl (C=O) groups excluding carboxylic acids is 1. The molecule has 0 spiro atoms. The molecule has 1 fully saturated rings. The molecule has 1 saturated carbocycles. The Labute approximate surface area is 127 Å². The van der Waals surface area contributed by atoms with E-state index in [2.05, 4.69) is 12.2 Å². The number of nitrogens with two attached hydrogens (primary N) is 1. The highest BCUT2D eigenvalue weighted by molar-refractivity contribution is 5.94. The standard InChI is InChI=1S/C17H26N2O2/c1-2-3-8-16(18)17(20)19-13-9-11-15(12-10-13)21-14-6-4-5-7-14/h9-12,14,16H,2-8,18H2,1H3,(H,19,20). The predicted octanol–water partition coefficient (Wildman–Crippen LogP) is 3.46. The third kappa shape index (κ3) is 5.05. The van der Waals surface area contributed by atoms with Crippen LogP contribution in [0.1, 0.15) is 51.9 Å². The minimum Gasteiger partial charge on any atom is -0.490 e. The molecule has 1 amide bonds. The average molecular weight is 290 g/mol. The van der Waals surface area contributed by atoms with Gasteiger partial charge in [0.15, 0.2) is 0 Å². The lowest BCUT2D eigenvalue weighted by molar-refractivity contribution is -0.117. The first-order chi connectivity index (χ1) is 10.2. The van der Waals surface area contributed by atoms with E-state index in [1.165, 1.54) is 12.8 Å². The first-order valence-electron chi connectivity index (χ1n) is 8.02. The Hall–Kier alpha value is -1.55. The van der Waals surface area contributed by atoms with E-state index in [0.717, 1.165) is 43.5 Å². The highest BCUT2D eigenvalue weighted by Gasteiger charge is 2.16. The molecule has 0 bridgehead atoms. The van der Waals surface area contributed by atoms with Gasteiger partial charge >= 0.3 is 0 Å². The van der Waals surface area contributed by atoms with Gasteiger partial charge in [-0.1, -0.05) is 19.8 Å². The summed E-state index contributed by atoms with van der Waals surface area (Å²) in [6.45, 7) is 2.09. The van der Waals surface area contributed by atoms with E-state index in [-0.39, 0.29) is 5.91 Å². The van der Waals surface area contributed by atoms with Crippen LogP contribution in [0.2, 0.25) is 0 Å². The minimum absolute atomic E-state index is 0.118. The second-order valence-electron chi connectivity index (χ2n) is 5.79. The molecule has 0 aliphatic heterocycles. The first kappa shape index (κ1) is 15.8. The van der Waals surface area contributed by atoms with Crippen LogP contribution >= 0.6 is 0 Å². The van der Waals surface area contributed by atoms with Crippen LogP contribution in [0.5, 0.6) is 5.75 Å². The zero-order chi connectivity index (χ0) is 15.1.